The Kier molecular flexibility index (Phi) is 6.45. The van der Waals surface area contributed by atoms with E-state index in [0.717, 1.165) is 26.1 Å². The lowest BCUT2D eigenvalue weighted by molar-refractivity contribution is 0.0573. The highest BCUT2D eigenvalue weighted by molar-refractivity contribution is 5.89. The number of alkyl halides is 1. The Morgan fingerprint density at radius 3 is 2.95 bits per heavy atom. The molecule has 0 radical (unpaired) electrons. The third-order valence-corrected chi connectivity index (χ3v) is 3.77. The molecule has 0 aliphatic carbocycles. The molecule has 122 valence electrons. The summed E-state index contributed by atoms with van der Waals surface area (Å²) in [6.07, 6.45) is 1.93. The highest BCUT2D eigenvalue weighted by Gasteiger charge is 2.21. The fraction of sp³-hybridized carbons (Fsp3) is 0.562. The lowest BCUT2D eigenvalue weighted by Gasteiger charge is -2.28. The van der Waals surface area contributed by atoms with Gasteiger partial charge >= 0.3 is 6.03 Å². The molecule has 2 N–H and O–H groups in total. The molecule has 0 spiro atoms. The van der Waals surface area contributed by atoms with E-state index in [1.165, 1.54) is 0 Å². The van der Waals surface area contributed by atoms with Gasteiger partial charge in [-0.3, -0.25) is 0 Å². The third-order valence-electron chi connectivity index (χ3n) is 3.77. The second-order valence-corrected chi connectivity index (χ2v) is 5.40. The summed E-state index contributed by atoms with van der Waals surface area (Å²) >= 11 is 0. The number of carbonyl (C=O) groups is 1. The normalized spacial score (nSPS) is 16.8. The van der Waals surface area contributed by atoms with Crippen LogP contribution in [0.15, 0.2) is 24.3 Å². The summed E-state index contributed by atoms with van der Waals surface area (Å²) < 4.78 is 22.6. The fourth-order valence-corrected chi connectivity index (χ4v) is 2.53. The first-order valence-corrected chi connectivity index (χ1v) is 7.63. The molecule has 5 nitrogen and oxygen atoms in total. The van der Waals surface area contributed by atoms with Crippen molar-refractivity contribution in [1.29, 1.82) is 0 Å². The second kappa shape index (κ2) is 8.58. The van der Waals surface area contributed by atoms with Crippen LogP contribution >= 0.6 is 0 Å². The lowest BCUT2D eigenvalue weighted by Crippen LogP contribution is -2.42. The van der Waals surface area contributed by atoms with Gasteiger partial charge in [-0.1, -0.05) is 6.07 Å². The quantitative estimate of drug-likeness (QED) is 0.849. The molecule has 0 bridgehead atoms. The van der Waals surface area contributed by atoms with E-state index in [1.54, 1.807) is 24.3 Å². The number of urea groups is 1. The van der Waals surface area contributed by atoms with Crippen molar-refractivity contribution in [1.82, 2.24) is 5.32 Å². The van der Waals surface area contributed by atoms with E-state index in [0.29, 0.717) is 17.4 Å². The molecule has 1 fully saturated rings. The summed E-state index contributed by atoms with van der Waals surface area (Å²) in [6.45, 7) is 2.99. The van der Waals surface area contributed by atoms with Crippen LogP contribution in [0.2, 0.25) is 0 Å². The SMILES string of the molecule is CC(NC(=O)Nc1cccc(OCCF)c1)C1CCOCC1. The van der Waals surface area contributed by atoms with Crippen LogP contribution < -0.4 is 15.4 Å². The van der Waals surface area contributed by atoms with Gasteiger partial charge in [0.15, 0.2) is 0 Å². The lowest BCUT2D eigenvalue weighted by atomic mass is 9.93. The predicted molar refractivity (Wildman–Crippen MR) is 83.1 cm³/mol. The van der Waals surface area contributed by atoms with Gasteiger partial charge in [0.1, 0.15) is 19.0 Å². The van der Waals surface area contributed by atoms with E-state index in [9.17, 15) is 9.18 Å². The van der Waals surface area contributed by atoms with Crippen molar-refractivity contribution in [3.05, 3.63) is 24.3 Å². The summed E-state index contributed by atoms with van der Waals surface area (Å²) in [6, 6.07) is 6.76. The third kappa shape index (κ3) is 5.18. The number of benzene rings is 1. The maximum absolute atomic E-state index is 12.1. The topological polar surface area (TPSA) is 59.6 Å². The van der Waals surface area contributed by atoms with Crippen molar-refractivity contribution in [2.75, 3.05) is 31.8 Å². The van der Waals surface area contributed by atoms with Gasteiger partial charge in [-0.2, -0.15) is 0 Å². The number of ether oxygens (including phenoxy) is 2. The first-order valence-electron chi connectivity index (χ1n) is 7.63. The van der Waals surface area contributed by atoms with Crippen molar-refractivity contribution in [2.24, 2.45) is 5.92 Å². The van der Waals surface area contributed by atoms with Gasteiger partial charge < -0.3 is 20.1 Å². The Balaban J connectivity index is 1.83. The maximum Gasteiger partial charge on any atom is 0.319 e. The van der Waals surface area contributed by atoms with Crippen molar-refractivity contribution >= 4 is 11.7 Å². The standard InChI is InChI=1S/C16H23FN2O3/c1-12(13-5-8-21-9-6-13)18-16(20)19-14-3-2-4-15(11-14)22-10-7-17/h2-4,11-13H,5-10H2,1H3,(H2,18,19,20). The Labute approximate surface area is 130 Å². The van der Waals surface area contributed by atoms with Gasteiger partial charge in [0.25, 0.3) is 0 Å². The number of hydrogen-bond donors (Lipinski definition) is 2. The van der Waals surface area contributed by atoms with E-state index in [2.05, 4.69) is 10.6 Å². The molecular formula is C16H23FN2O3. The smallest absolute Gasteiger partial charge is 0.319 e. The molecule has 22 heavy (non-hydrogen) atoms. The molecular weight excluding hydrogens is 287 g/mol. The van der Waals surface area contributed by atoms with Gasteiger partial charge in [-0.05, 0) is 37.8 Å². The second-order valence-electron chi connectivity index (χ2n) is 5.40. The Morgan fingerprint density at radius 2 is 2.23 bits per heavy atom. The molecule has 6 heteroatoms. The van der Waals surface area contributed by atoms with Crippen LogP contribution in [-0.2, 0) is 4.74 Å². The van der Waals surface area contributed by atoms with Crippen LogP contribution in [0.1, 0.15) is 19.8 Å². The minimum Gasteiger partial charge on any atom is -0.491 e. The Morgan fingerprint density at radius 1 is 1.45 bits per heavy atom. The first kappa shape index (κ1) is 16.5. The van der Waals surface area contributed by atoms with E-state index in [4.69, 9.17) is 9.47 Å². The van der Waals surface area contributed by atoms with Crippen LogP contribution in [0.3, 0.4) is 0 Å². The van der Waals surface area contributed by atoms with Gasteiger partial charge in [0.05, 0.1) is 0 Å². The Hall–Kier alpha value is -1.82. The van der Waals surface area contributed by atoms with Crippen molar-refractivity contribution in [3.8, 4) is 5.75 Å². The van der Waals surface area contributed by atoms with Crippen LogP contribution in [-0.4, -0.2) is 38.6 Å². The van der Waals surface area contributed by atoms with E-state index in [1.807, 2.05) is 6.92 Å². The molecule has 1 saturated heterocycles. The van der Waals surface area contributed by atoms with Crippen LogP contribution in [0.4, 0.5) is 14.9 Å². The van der Waals surface area contributed by atoms with E-state index in [-0.39, 0.29) is 18.7 Å². The monoisotopic (exact) mass is 310 g/mol. The van der Waals surface area contributed by atoms with Crippen molar-refractivity contribution in [2.45, 2.75) is 25.8 Å². The molecule has 2 rings (SSSR count). The highest BCUT2D eigenvalue weighted by atomic mass is 19.1. The summed E-state index contributed by atoms with van der Waals surface area (Å²) in [5, 5.41) is 5.73. The zero-order valence-electron chi connectivity index (χ0n) is 12.8. The number of nitrogens with one attached hydrogen (secondary N) is 2. The molecule has 1 aromatic carbocycles. The number of rotatable bonds is 6. The number of amides is 2. The largest absolute Gasteiger partial charge is 0.491 e. The minimum absolute atomic E-state index is 0.0104. The summed E-state index contributed by atoms with van der Waals surface area (Å²) in [4.78, 5) is 12.0. The molecule has 1 aromatic rings. The summed E-state index contributed by atoms with van der Waals surface area (Å²) in [7, 11) is 0. The number of hydrogen-bond acceptors (Lipinski definition) is 3. The van der Waals surface area contributed by atoms with Gasteiger partial charge in [0, 0.05) is 31.0 Å². The minimum atomic E-state index is -0.541. The molecule has 1 unspecified atom stereocenters. The number of anilines is 1. The highest BCUT2D eigenvalue weighted by Crippen LogP contribution is 2.19. The van der Waals surface area contributed by atoms with Crippen molar-refractivity contribution < 1.29 is 18.7 Å². The van der Waals surface area contributed by atoms with Gasteiger partial charge in [0.2, 0.25) is 0 Å². The molecule has 1 heterocycles. The maximum atomic E-state index is 12.1. The van der Waals surface area contributed by atoms with E-state index < -0.39 is 6.67 Å². The molecule has 0 aromatic heterocycles. The zero-order valence-corrected chi connectivity index (χ0v) is 12.8. The summed E-state index contributed by atoms with van der Waals surface area (Å²) in [5.41, 5.74) is 0.619. The van der Waals surface area contributed by atoms with Crippen LogP contribution in [0.5, 0.6) is 5.75 Å². The zero-order chi connectivity index (χ0) is 15.8. The average Bonchev–Trinajstić information content (AvgIpc) is 2.54. The number of carbonyl (C=O) groups excluding carboxylic acids is 1. The molecule has 2 amide bonds. The fourth-order valence-electron chi connectivity index (χ4n) is 2.53. The number of halogens is 1. The van der Waals surface area contributed by atoms with Crippen LogP contribution in [0, 0.1) is 5.92 Å². The molecule has 1 atom stereocenters. The first-order chi connectivity index (χ1) is 10.7. The molecule has 1 aliphatic heterocycles. The predicted octanol–water partition coefficient (Wildman–Crippen LogP) is 2.97. The summed E-state index contributed by atoms with van der Waals surface area (Å²) in [5.74, 6) is 0.978. The average molecular weight is 310 g/mol. The van der Waals surface area contributed by atoms with Gasteiger partial charge in [-0.25, -0.2) is 9.18 Å². The van der Waals surface area contributed by atoms with Crippen LogP contribution in [0.25, 0.3) is 0 Å². The molecule has 0 saturated carbocycles. The van der Waals surface area contributed by atoms with Gasteiger partial charge in [-0.15, -0.1) is 0 Å². The van der Waals surface area contributed by atoms with E-state index >= 15 is 0 Å². The Bertz CT molecular complexity index is 478. The van der Waals surface area contributed by atoms with Crippen molar-refractivity contribution in [3.63, 3.8) is 0 Å². The molecule has 1 aliphatic rings.